The minimum atomic E-state index is 0. The molecular weight excluding hydrogens is 656 g/mol. The summed E-state index contributed by atoms with van der Waals surface area (Å²) < 4.78 is 8.25. The summed E-state index contributed by atoms with van der Waals surface area (Å²) in [7, 11) is 0. The summed E-state index contributed by atoms with van der Waals surface area (Å²) in [5.41, 5.74) is 0. The maximum atomic E-state index is 8.25. The van der Waals surface area contributed by atoms with Gasteiger partial charge in [-0.3, -0.25) is 0 Å². The monoisotopic (exact) mass is 657 g/mol. The molecule has 7 heteroatoms. The van der Waals surface area contributed by atoms with Crippen LogP contribution in [-0.2, 0) is 119 Å². The molecule has 0 fully saturated rings. The van der Waals surface area contributed by atoms with Gasteiger partial charge in [0, 0.05) is 95.2 Å². The van der Waals surface area contributed by atoms with Crippen LogP contribution in [0.3, 0.4) is 0 Å². The van der Waals surface area contributed by atoms with E-state index in [1.165, 1.54) is 0 Å². The first kappa shape index (κ1) is 46.6. The molecule has 0 N–H and O–H groups in total. The fourth-order valence-electron chi connectivity index (χ4n) is 0. The van der Waals surface area contributed by atoms with E-state index in [4.69, 9.17) is 3.32 Å². The normalized spacial score (nSPS) is 0.429. The maximum Gasteiger partial charge on any atom is 0 e. The molecule has 0 aromatic rings. The third-order valence-corrected chi connectivity index (χ3v) is 0. The minimum Gasteiger partial charge on any atom is 0 e. The predicted octanol–water partition coefficient (Wildman–Crippen LogP) is -0.134. The van der Waals surface area contributed by atoms with Crippen molar-refractivity contribution in [1.82, 2.24) is 0 Å². The number of hydrogen-bond donors (Lipinski definition) is 0. The van der Waals surface area contributed by atoms with E-state index in [-0.39, 0.29) is 95.2 Å². The first-order valence-electron chi connectivity index (χ1n) is 0.204. The maximum absolute atomic E-state index is 8.25. The van der Waals surface area contributed by atoms with E-state index in [0.717, 1.165) is 20.4 Å². The molecule has 0 saturated heterocycles. The number of hydrogen-bond acceptors (Lipinski definition) is 1. The quantitative estimate of drug-likeness (QED) is 0.333. The van der Waals surface area contributed by atoms with Gasteiger partial charge < -0.3 is 0 Å². The van der Waals surface area contributed by atoms with Gasteiger partial charge in [0.15, 0.2) is 0 Å². The molecule has 0 rings (SSSR count). The van der Waals surface area contributed by atoms with Crippen molar-refractivity contribution in [3.05, 3.63) is 0 Å². The second-order valence-electron chi connectivity index (χ2n) is 0. The average Bonchev–Trinajstić information content (AvgIpc) is 1.00. The van der Waals surface area contributed by atoms with Crippen molar-refractivity contribution in [2.75, 3.05) is 0 Å². The fraction of sp³-hybridized carbons (Fsp3) is 0. The van der Waals surface area contributed by atoms with Crippen molar-refractivity contribution >= 4 is 0 Å². The van der Waals surface area contributed by atoms with Crippen molar-refractivity contribution in [1.29, 1.82) is 0 Å². The molecule has 0 heterocycles. The van der Waals surface area contributed by atoms with Crippen LogP contribution in [0.5, 0.6) is 0 Å². The molecule has 0 spiro atoms. The van der Waals surface area contributed by atoms with E-state index < -0.39 is 0 Å². The van der Waals surface area contributed by atoms with Gasteiger partial charge in [-0.1, -0.05) is 0 Å². The Morgan fingerprint density at radius 2 is 1.14 bits per heavy atom. The van der Waals surface area contributed by atoms with Gasteiger partial charge >= 0.3 is 23.7 Å². The van der Waals surface area contributed by atoms with Gasteiger partial charge in [0.05, 0.1) is 0 Å². The fourth-order valence-corrected chi connectivity index (χ4v) is 0. The van der Waals surface area contributed by atoms with Crippen molar-refractivity contribution in [3.8, 4) is 0 Å². The zero-order chi connectivity index (χ0) is 2.00. The first-order chi connectivity index (χ1) is 1.00. The van der Waals surface area contributed by atoms with E-state index >= 15 is 0 Å². The Balaban J connectivity index is -0.000000000500. The molecule has 0 aromatic heterocycles. The van der Waals surface area contributed by atoms with Crippen molar-refractivity contribution in [2.24, 2.45) is 0 Å². The van der Waals surface area contributed by atoms with Crippen LogP contribution in [0.15, 0.2) is 0 Å². The summed E-state index contributed by atoms with van der Waals surface area (Å²) in [4.78, 5) is 0. The summed E-state index contributed by atoms with van der Waals surface area (Å²) in [5, 5.41) is 0. The first-order valence-corrected chi connectivity index (χ1v) is 0.842. The summed E-state index contributed by atoms with van der Waals surface area (Å²) >= 11 is 0.750. The second-order valence-corrected chi connectivity index (χ2v) is 0. The van der Waals surface area contributed by atoms with Crippen LogP contribution < -0.4 is 0 Å². The Kier molecular flexibility index (Phi) is 371. The largest absolute Gasteiger partial charge is 0 e. The van der Waals surface area contributed by atoms with Crippen LogP contribution in [0.2, 0.25) is 0 Å². The van der Waals surface area contributed by atoms with E-state index in [1.54, 1.807) is 0 Å². The molecule has 0 aliphatic carbocycles. The van der Waals surface area contributed by atoms with Gasteiger partial charge in [0.25, 0.3) is 0 Å². The van der Waals surface area contributed by atoms with E-state index in [9.17, 15) is 0 Å². The van der Waals surface area contributed by atoms with E-state index in [0.29, 0.717) is 0 Å². The minimum absolute atomic E-state index is 0. The standard InChI is InChI=1S/Co.Ir.Ni.O.Ru.Ta.Ti. The van der Waals surface area contributed by atoms with E-state index in [2.05, 4.69) is 0 Å². The van der Waals surface area contributed by atoms with Crippen molar-refractivity contribution in [2.45, 2.75) is 0 Å². The topological polar surface area (TPSA) is 17.1 Å². The Bertz CT molecular complexity index is 19.7. The average molecular weight is 656 g/mol. The molecule has 51 valence electrons. The molecular formula is CoIrNiORuTaTi. The van der Waals surface area contributed by atoms with Crippen molar-refractivity contribution in [3.63, 3.8) is 0 Å². The molecule has 0 amide bonds. The Morgan fingerprint density at radius 1 is 1.14 bits per heavy atom. The molecule has 0 atom stereocenters. The van der Waals surface area contributed by atoms with Gasteiger partial charge in [-0.05, 0) is 0 Å². The molecule has 7 heavy (non-hydrogen) atoms. The molecule has 0 saturated carbocycles. The molecule has 0 aliphatic rings. The zero-order valence-corrected chi connectivity index (χ0v) is 13.6. The summed E-state index contributed by atoms with van der Waals surface area (Å²) in [5.74, 6) is 0. The third-order valence-electron chi connectivity index (χ3n) is 0. The number of rotatable bonds is 0. The Labute approximate surface area is 117 Å². The van der Waals surface area contributed by atoms with Gasteiger partial charge in [-0.15, -0.1) is 0 Å². The third kappa shape index (κ3) is 43.4. The second kappa shape index (κ2) is 55.7. The Morgan fingerprint density at radius 3 is 1.14 bits per heavy atom. The zero-order valence-electron chi connectivity index (χ0n) is 2.69. The summed E-state index contributed by atoms with van der Waals surface area (Å²) in [6.07, 6.45) is 0. The predicted molar refractivity (Wildman–Crippen MR) is 0.686 cm³/mol. The van der Waals surface area contributed by atoms with E-state index in [1.807, 2.05) is 0 Å². The Hall–Kier alpha value is 3.53. The van der Waals surface area contributed by atoms with Crippen LogP contribution in [0.4, 0.5) is 0 Å². The molecule has 1 nitrogen and oxygen atoms in total. The molecule has 3 radical (unpaired) electrons. The van der Waals surface area contributed by atoms with Gasteiger partial charge in [-0.25, -0.2) is 0 Å². The molecule has 0 bridgehead atoms. The van der Waals surface area contributed by atoms with Gasteiger partial charge in [0.2, 0.25) is 0 Å². The summed E-state index contributed by atoms with van der Waals surface area (Å²) in [6.45, 7) is 0. The van der Waals surface area contributed by atoms with Crippen LogP contribution in [-0.4, -0.2) is 0 Å². The van der Waals surface area contributed by atoms with Crippen LogP contribution in [0, 0.1) is 0 Å². The molecule has 0 aromatic carbocycles. The summed E-state index contributed by atoms with van der Waals surface area (Å²) in [6, 6.07) is 0. The van der Waals surface area contributed by atoms with Crippen molar-refractivity contribution < 1.29 is 119 Å². The van der Waals surface area contributed by atoms with Crippen LogP contribution in [0.1, 0.15) is 0 Å². The van der Waals surface area contributed by atoms with Crippen LogP contribution >= 0.6 is 0 Å². The smallest absolute Gasteiger partial charge is 0 e. The van der Waals surface area contributed by atoms with Gasteiger partial charge in [0.1, 0.15) is 0 Å². The SMILES string of the molecule is [Co].[Ir].[Ni].[O]=[Ti].[Ru].[Ta]. The molecule has 0 unspecified atom stereocenters. The van der Waals surface area contributed by atoms with Gasteiger partial charge in [-0.2, -0.15) is 0 Å². The van der Waals surface area contributed by atoms with Crippen LogP contribution in [0.25, 0.3) is 0 Å². The molecule has 0 aliphatic heterocycles.